The third-order valence-corrected chi connectivity index (χ3v) is 3.31. The van der Waals surface area contributed by atoms with Crippen molar-refractivity contribution in [3.63, 3.8) is 0 Å². The Kier molecular flexibility index (Phi) is 4.16. The molecule has 0 unspecified atom stereocenters. The van der Waals surface area contributed by atoms with Gasteiger partial charge in [-0.05, 0) is 52.7 Å². The largest absolute Gasteiger partial charge is 0.373 e. The Hall–Kier alpha value is -1.88. The predicted molar refractivity (Wildman–Crippen MR) is 80.6 cm³/mol. The van der Waals surface area contributed by atoms with Gasteiger partial charge in [-0.2, -0.15) is 0 Å². The molecule has 0 aliphatic carbocycles. The van der Waals surface area contributed by atoms with E-state index in [0.717, 1.165) is 21.5 Å². The second-order valence-electron chi connectivity index (χ2n) is 4.12. The number of benzene rings is 1. The van der Waals surface area contributed by atoms with E-state index < -0.39 is 0 Å². The molecular weight excluding hydrogens is 306 g/mol. The number of hydrogen-bond acceptors (Lipinski definition) is 3. The third kappa shape index (κ3) is 3.32. The molecule has 5 heteroatoms. The van der Waals surface area contributed by atoms with E-state index in [1.54, 1.807) is 25.4 Å². The monoisotopic (exact) mass is 319 g/mol. The van der Waals surface area contributed by atoms with E-state index in [-0.39, 0.29) is 5.91 Å². The lowest BCUT2D eigenvalue weighted by molar-refractivity contribution is 0.102. The minimum absolute atomic E-state index is 0.181. The lowest BCUT2D eigenvalue weighted by Crippen LogP contribution is -2.12. The van der Waals surface area contributed by atoms with Crippen molar-refractivity contribution in [1.29, 1.82) is 0 Å². The molecule has 1 aromatic carbocycles. The first-order valence-corrected chi connectivity index (χ1v) is 6.61. The number of rotatable bonds is 3. The Morgan fingerprint density at radius 1 is 1.26 bits per heavy atom. The molecule has 0 saturated heterocycles. The number of aryl methyl sites for hydroxylation is 1. The van der Waals surface area contributed by atoms with E-state index in [9.17, 15) is 4.79 Å². The minimum atomic E-state index is -0.181. The molecule has 0 aliphatic heterocycles. The smallest absolute Gasteiger partial charge is 0.257 e. The SMILES string of the molecule is CNc1ccc(C(=O)Nc2ccc(C)cc2Br)cn1. The summed E-state index contributed by atoms with van der Waals surface area (Å²) in [6.07, 6.45) is 1.54. The standard InChI is InChI=1S/C14H14BrN3O/c1-9-3-5-12(11(15)7-9)18-14(19)10-4-6-13(16-2)17-8-10/h3-8H,1-2H3,(H,16,17)(H,18,19). The van der Waals surface area contributed by atoms with Crippen LogP contribution in [0.15, 0.2) is 41.0 Å². The van der Waals surface area contributed by atoms with Gasteiger partial charge in [-0.3, -0.25) is 4.79 Å². The van der Waals surface area contributed by atoms with Crippen LogP contribution in [0.3, 0.4) is 0 Å². The highest BCUT2D eigenvalue weighted by molar-refractivity contribution is 9.10. The number of anilines is 2. The summed E-state index contributed by atoms with van der Waals surface area (Å²) in [4.78, 5) is 16.2. The van der Waals surface area contributed by atoms with Gasteiger partial charge in [-0.15, -0.1) is 0 Å². The summed E-state index contributed by atoms with van der Waals surface area (Å²) < 4.78 is 0.862. The highest BCUT2D eigenvalue weighted by Gasteiger charge is 2.08. The molecule has 0 atom stereocenters. The van der Waals surface area contributed by atoms with Crippen molar-refractivity contribution in [2.75, 3.05) is 17.7 Å². The van der Waals surface area contributed by atoms with Gasteiger partial charge in [0.1, 0.15) is 5.82 Å². The fourth-order valence-corrected chi connectivity index (χ4v) is 2.18. The van der Waals surface area contributed by atoms with Crippen molar-refractivity contribution >= 4 is 33.3 Å². The van der Waals surface area contributed by atoms with Crippen molar-refractivity contribution < 1.29 is 4.79 Å². The van der Waals surface area contributed by atoms with E-state index in [1.165, 1.54) is 0 Å². The van der Waals surface area contributed by atoms with E-state index in [2.05, 4.69) is 31.5 Å². The Morgan fingerprint density at radius 2 is 2.05 bits per heavy atom. The van der Waals surface area contributed by atoms with Crippen molar-refractivity contribution in [1.82, 2.24) is 4.98 Å². The van der Waals surface area contributed by atoms with Crippen LogP contribution in [0.25, 0.3) is 0 Å². The van der Waals surface area contributed by atoms with Gasteiger partial charge in [-0.1, -0.05) is 6.07 Å². The van der Waals surface area contributed by atoms with E-state index >= 15 is 0 Å². The molecule has 19 heavy (non-hydrogen) atoms. The number of pyridine rings is 1. The fraction of sp³-hybridized carbons (Fsp3) is 0.143. The zero-order valence-electron chi connectivity index (χ0n) is 10.7. The second-order valence-corrected chi connectivity index (χ2v) is 4.97. The average molecular weight is 320 g/mol. The molecule has 2 N–H and O–H groups in total. The van der Waals surface area contributed by atoms with Crippen LogP contribution < -0.4 is 10.6 Å². The molecule has 2 rings (SSSR count). The van der Waals surface area contributed by atoms with Crippen LogP contribution >= 0.6 is 15.9 Å². The number of nitrogens with zero attached hydrogens (tertiary/aromatic N) is 1. The summed E-state index contributed by atoms with van der Waals surface area (Å²) >= 11 is 3.43. The summed E-state index contributed by atoms with van der Waals surface area (Å²) in [5.41, 5.74) is 2.39. The molecule has 0 fully saturated rings. The maximum atomic E-state index is 12.1. The topological polar surface area (TPSA) is 54.0 Å². The number of carbonyl (C=O) groups is 1. The molecule has 2 aromatic rings. The normalized spacial score (nSPS) is 10.1. The van der Waals surface area contributed by atoms with Gasteiger partial charge in [-0.25, -0.2) is 4.98 Å². The van der Waals surface area contributed by atoms with Crippen LogP contribution in [0.5, 0.6) is 0 Å². The van der Waals surface area contributed by atoms with E-state index in [0.29, 0.717) is 5.56 Å². The van der Waals surface area contributed by atoms with Crippen molar-refractivity contribution in [3.8, 4) is 0 Å². The van der Waals surface area contributed by atoms with Gasteiger partial charge < -0.3 is 10.6 Å². The minimum Gasteiger partial charge on any atom is -0.373 e. The summed E-state index contributed by atoms with van der Waals surface area (Å²) in [5.74, 6) is 0.549. The van der Waals surface area contributed by atoms with Crippen molar-refractivity contribution in [2.24, 2.45) is 0 Å². The summed E-state index contributed by atoms with van der Waals surface area (Å²) in [6.45, 7) is 2.00. The molecule has 0 spiro atoms. The van der Waals surface area contributed by atoms with Crippen LogP contribution in [-0.4, -0.2) is 17.9 Å². The summed E-state index contributed by atoms with van der Waals surface area (Å²) in [7, 11) is 1.78. The van der Waals surface area contributed by atoms with Gasteiger partial charge >= 0.3 is 0 Å². The van der Waals surface area contributed by atoms with Crippen LogP contribution in [0, 0.1) is 6.92 Å². The quantitative estimate of drug-likeness (QED) is 0.911. The first-order valence-electron chi connectivity index (χ1n) is 5.81. The van der Waals surface area contributed by atoms with Crippen molar-refractivity contribution in [3.05, 3.63) is 52.1 Å². The Morgan fingerprint density at radius 3 is 2.63 bits per heavy atom. The molecule has 0 radical (unpaired) electrons. The second kappa shape index (κ2) is 5.84. The maximum Gasteiger partial charge on any atom is 0.257 e. The summed E-state index contributed by atoms with van der Waals surface area (Å²) in [6, 6.07) is 9.27. The highest BCUT2D eigenvalue weighted by atomic mass is 79.9. The molecule has 1 amide bonds. The van der Waals surface area contributed by atoms with Gasteiger partial charge in [0.15, 0.2) is 0 Å². The number of aromatic nitrogens is 1. The lowest BCUT2D eigenvalue weighted by atomic mass is 10.2. The van der Waals surface area contributed by atoms with Gasteiger partial charge in [0, 0.05) is 17.7 Å². The molecule has 0 bridgehead atoms. The molecule has 0 aliphatic rings. The predicted octanol–water partition coefficient (Wildman–Crippen LogP) is 3.45. The van der Waals surface area contributed by atoms with Crippen molar-refractivity contribution in [2.45, 2.75) is 6.92 Å². The molecule has 1 aromatic heterocycles. The third-order valence-electron chi connectivity index (χ3n) is 2.65. The number of amides is 1. The Bertz CT molecular complexity index is 596. The van der Waals surface area contributed by atoms with Crippen LogP contribution in [-0.2, 0) is 0 Å². The number of halogens is 1. The first kappa shape index (κ1) is 13.5. The van der Waals surface area contributed by atoms with Gasteiger partial charge in [0.2, 0.25) is 0 Å². The first-order chi connectivity index (χ1) is 9.10. The zero-order chi connectivity index (χ0) is 13.8. The van der Waals surface area contributed by atoms with E-state index in [4.69, 9.17) is 0 Å². The number of carbonyl (C=O) groups excluding carboxylic acids is 1. The number of hydrogen-bond donors (Lipinski definition) is 2. The molecular formula is C14H14BrN3O. The Balaban J connectivity index is 2.15. The summed E-state index contributed by atoms with van der Waals surface area (Å²) in [5, 5.41) is 5.75. The average Bonchev–Trinajstić information content (AvgIpc) is 2.42. The van der Waals surface area contributed by atoms with Gasteiger partial charge in [0.25, 0.3) is 5.91 Å². The van der Waals surface area contributed by atoms with E-state index in [1.807, 2.05) is 25.1 Å². The van der Waals surface area contributed by atoms with Crippen LogP contribution in [0.4, 0.5) is 11.5 Å². The lowest BCUT2D eigenvalue weighted by Gasteiger charge is -2.08. The van der Waals surface area contributed by atoms with Crippen LogP contribution in [0.1, 0.15) is 15.9 Å². The molecule has 0 saturated carbocycles. The molecule has 4 nitrogen and oxygen atoms in total. The molecule has 98 valence electrons. The van der Waals surface area contributed by atoms with Crippen LogP contribution in [0.2, 0.25) is 0 Å². The number of nitrogens with one attached hydrogen (secondary N) is 2. The zero-order valence-corrected chi connectivity index (χ0v) is 12.3. The van der Waals surface area contributed by atoms with Gasteiger partial charge in [0.05, 0.1) is 11.3 Å². The highest BCUT2D eigenvalue weighted by Crippen LogP contribution is 2.23. The fourth-order valence-electron chi connectivity index (χ4n) is 1.59. The maximum absolute atomic E-state index is 12.1. The Labute approximate surface area is 120 Å². The molecule has 1 heterocycles.